The summed E-state index contributed by atoms with van der Waals surface area (Å²) < 4.78 is 5.07. The topological polar surface area (TPSA) is 93.9 Å². The second-order valence-corrected chi connectivity index (χ2v) is 5.01. The Labute approximate surface area is 131 Å². The Kier molecular flexibility index (Phi) is 3.68. The van der Waals surface area contributed by atoms with E-state index in [1.807, 2.05) is 0 Å². The molecule has 2 aromatic heterocycles. The number of rotatable bonds is 3. The fourth-order valence-corrected chi connectivity index (χ4v) is 2.36. The molecule has 22 heavy (non-hydrogen) atoms. The number of nitrogens with one attached hydrogen (secondary N) is 1. The van der Waals surface area contributed by atoms with Crippen LogP contribution in [0.5, 0.6) is 0 Å². The van der Waals surface area contributed by atoms with Gasteiger partial charge in [0.1, 0.15) is 12.0 Å². The second-order valence-electron chi connectivity index (χ2n) is 4.60. The van der Waals surface area contributed by atoms with Gasteiger partial charge in [0.25, 0.3) is 0 Å². The molecule has 0 atom stereocenters. The number of carbonyl (C=O) groups is 1. The molecular formula is C15H13ClN4O2. The Balaban J connectivity index is 2.22. The molecule has 112 valence electrons. The molecule has 3 N–H and O–H groups in total. The van der Waals surface area contributed by atoms with Crippen LogP contribution >= 0.6 is 11.6 Å². The SMILES string of the molecule is CCOC(=O)c1c[nH]c2ncnc(-c3ccc(Cl)c(N)c3)c12. The molecular weight excluding hydrogens is 304 g/mol. The molecule has 0 fully saturated rings. The highest BCUT2D eigenvalue weighted by Crippen LogP contribution is 2.31. The molecule has 1 aromatic carbocycles. The lowest BCUT2D eigenvalue weighted by molar-refractivity contribution is 0.0528. The molecule has 0 bridgehead atoms. The van der Waals surface area contributed by atoms with Gasteiger partial charge >= 0.3 is 5.97 Å². The van der Waals surface area contributed by atoms with E-state index in [9.17, 15) is 4.79 Å². The van der Waals surface area contributed by atoms with E-state index in [-0.39, 0.29) is 0 Å². The van der Waals surface area contributed by atoms with Crippen molar-refractivity contribution >= 4 is 34.3 Å². The van der Waals surface area contributed by atoms with Crippen LogP contribution in [0.4, 0.5) is 5.69 Å². The minimum Gasteiger partial charge on any atom is -0.462 e. The molecule has 0 aliphatic rings. The number of nitrogens with two attached hydrogens (primary N) is 1. The first-order valence-corrected chi connectivity index (χ1v) is 7.04. The number of benzene rings is 1. The van der Waals surface area contributed by atoms with Gasteiger partial charge in [-0.25, -0.2) is 14.8 Å². The van der Waals surface area contributed by atoms with Crippen molar-refractivity contribution in [2.24, 2.45) is 0 Å². The number of nitrogens with zero attached hydrogens (tertiary/aromatic N) is 2. The highest BCUT2D eigenvalue weighted by molar-refractivity contribution is 6.33. The predicted molar refractivity (Wildman–Crippen MR) is 84.7 cm³/mol. The predicted octanol–water partition coefficient (Wildman–Crippen LogP) is 3.04. The van der Waals surface area contributed by atoms with Crippen LogP contribution in [-0.2, 0) is 4.74 Å². The number of H-pyrrole nitrogens is 1. The summed E-state index contributed by atoms with van der Waals surface area (Å²) in [6.45, 7) is 2.05. The highest BCUT2D eigenvalue weighted by atomic mass is 35.5. The Morgan fingerprint density at radius 2 is 2.23 bits per heavy atom. The van der Waals surface area contributed by atoms with Crippen molar-refractivity contribution in [1.29, 1.82) is 0 Å². The van der Waals surface area contributed by atoms with Gasteiger partial charge in [0.05, 0.1) is 34.0 Å². The van der Waals surface area contributed by atoms with Crippen LogP contribution in [-0.4, -0.2) is 27.5 Å². The molecule has 0 saturated carbocycles. The molecule has 2 heterocycles. The third kappa shape index (κ3) is 2.37. The first kappa shape index (κ1) is 14.3. The number of ether oxygens (including phenoxy) is 1. The van der Waals surface area contributed by atoms with E-state index in [4.69, 9.17) is 22.1 Å². The maximum absolute atomic E-state index is 12.1. The summed E-state index contributed by atoms with van der Waals surface area (Å²) in [6, 6.07) is 5.20. The average Bonchev–Trinajstić information content (AvgIpc) is 2.94. The Morgan fingerprint density at radius 1 is 1.41 bits per heavy atom. The zero-order chi connectivity index (χ0) is 15.7. The van der Waals surface area contributed by atoms with Crippen molar-refractivity contribution in [3.05, 3.63) is 41.3 Å². The van der Waals surface area contributed by atoms with Gasteiger partial charge in [-0.3, -0.25) is 0 Å². The van der Waals surface area contributed by atoms with Crippen LogP contribution in [0.3, 0.4) is 0 Å². The lowest BCUT2D eigenvalue weighted by atomic mass is 10.1. The maximum atomic E-state index is 12.1. The van der Waals surface area contributed by atoms with Crippen molar-refractivity contribution in [3.8, 4) is 11.3 Å². The zero-order valence-electron chi connectivity index (χ0n) is 11.8. The number of anilines is 1. The number of fused-ring (bicyclic) bond motifs is 1. The summed E-state index contributed by atoms with van der Waals surface area (Å²) >= 11 is 5.95. The molecule has 0 saturated heterocycles. The van der Waals surface area contributed by atoms with Crippen molar-refractivity contribution in [3.63, 3.8) is 0 Å². The van der Waals surface area contributed by atoms with Crippen molar-refractivity contribution < 1.29 is 9.53 Å². The van der Waals surface area contributed by atoms with Crippen LogP contribution in [0.1, 0.15) is 17.3 Å². The third-order valence-electron chi connectivity index (χ3n) is 3.23. The van der Waals surface area contributed by atoms with Gasteiger partial charge in [0.2, 0.25) is 0 Å². The smallest absolute Gasteiger partial charge is 0.340 e. The van der Waals surface area contributed by atoms with E-state index >= 15 is 0 Å². The fraction of sp³-hybridized carbons (Fsp3) is 0.133. The van der Waals surface area contributed by atoms with Gasteiger partial charge in [-0.2, -0.15) is 0 Å². The van der Waals surface area contributed by atoms with Crippen LogP contribution < -0.4 is 5.73 Å². The Hall–Kier alpha value is -2.60. The molecule has 0 aliphatic carbocycles. The van der Waals surface area contributed by atoms with E-state index < -0.39 is 5.97 Å². The zero-order valence-corrected chi connectivity index (χ0v) is 12.5. The van der Waals surface area contributed by atoms with E-state index in [1.54, 1.807) is 31.3 Å². The quantitative estimate of drug-likeness (QED) is 0.572. The molecule has 6 nitrogen and oxygen atoms in total. The Bertz CT molecular complexity index is 860. The molecule has 3 rings (SSSR count). The molecule has 0 aliphatic heterocycles. The van der Waals surface area contributed by atoms with Crippen LogP contribution in [0.15, 0.2) is 30.7 Å². The van der Waals surface area contributed by atoms with E-state index in [1.165, 1.54) is 6.33 Å². The van der Waals surface area contributed by atoms with Crippen molar-refractivity contribution in [2.45, 2.75) is 6.92 Å². The summed E-state index contributed by atoms with van der Waals surface area (Å²) in [5.41, 5.74) is 8.58. The minimum absolute atomic E-state index is 0.294. The molecule has 0 spiro atoms. The minimum atomic E-state index is -0.424. The van der Waals surface area contributed by atoms with E-state index in [0.717, 1.165) is 5.56 Å². The summed E-state index contributed by atoms with van der Waals surface area (Å²) in [4.78, 5) is 23.5. The maximum Gasteiger partial charge on any atom is 0.340 e. The number of aromatic amines is 1. The third-order valence-corrected chi connectivity index (χ3v) is 3.58. The van der Waals surface area contributed by atoms with Crippen LogP contribution in [0, 0.1) is 0 Å². The van der Waals surface area contributed by atoms with Gasteiger partial charge in [0.15, 0.2) is 0 Å². The average molecular weight is 317 g/mol. The van der Waals surface area contributed by atoms with Crippen molar-refractivity contribution in [1.82, 2.24) is 15.0 Å². The number of hydrogen-bond acceptors (Lipinski definition) is 5. The molecule has 0 unspecified atom stereocenters. The summed E-state index contributed by atoms with van der Waals surface area (Å²) in [7, 11) is 0. The number of esters is 1. The number of halogens is 1. The number of nitrogen functional groups attached to an aromatic ring is 1. The van der Waals surface area contributed by atoms with Gasteiger partial charge in [0, 0.05) is 11.8 Å². The fourth-order valence-electron chi connectivity index (χ4n) is 2.24. The lowest BCUT2D eigenvalue weighted by Gasteiger charge is -2.06. The van der Waals surface area contributed by atoms with Crippen LogP contribution in [0.2, 0.25) is 5.02 Å². The second kappa shape index (κ2) is 5.65. The molecule has 7 heteroatoms. The summed E-state index contributed by atoms with van der Waals surface area (Å²) in [5, 5.41) is 1.07. The number of aromatic nitrogens is 3. The lowest BCUT2D eigenvalue weighted by Crippen LogP contribution is -2.04. The number of carbonyl (C=O) groups excluding carboxylic acids is 1. The first-order chi connectivity index (χ1) is 10.6. The van der Waals surface area contributed by atoms with E-state index in [2.05, 4.69) is 15.0 Å². The van der Waals surface area contributed by atoms with Gasteiger partial charge in [-0.15, -0.1) is 0 Å². The van der Waals surface area contributed by atoms with Crippen molar-refractivity contribution in [2.75, 3.05) is 12.3 Å². The monoisotopic (exact) mass is 316 g/mol. The largest absolute Gasteiger partial charge is 0.462 e. The Morgan fingerprint density at radius 3 is 2.95 bits per heavy atom. The normalized spacial score (nSPS) is 10.8. The first-order valence-electron chi connectivity index (χ1n) is 6.66. The molecule has 0 amide bonds. The highest BCUT2D eigenvalue weighted by Gasteiger charge is 2.19. The van der Waals surface area contributed by atoms with Gasteiger partial charge < -0.3 is 15.5 Å². The molecule has 3 aromatic rings. The van der Waals surface area contributed by atoms with Gasteiger partial charge in [-0.05, 0) is 19.1 Å². The standard InChI is InChI=1S/C15H13ClN4O2/c1-2-22-15(21)9-6-18-14-12(9)13(19-7-20-14)8-3-4-10(16)11(17)5-8/h3-7H,2,17H2,1H3,(H,18,19,20). The number of hydrogen-bond donors (Lipinski definition) is 2. The van der Waals surface area contributed by atoms with Crippen LogP contribution in [0.25, 0.3) is 22.3 Å². The summed E-state index contributed by atoms with van der Waals surface area (Å²) in [6.07, 6.45) is 2.99. The van der Waals surface area contributed by atoms with E-state index in [0.29, 0.717) is 39.6 Å². The summed E-state index contributed by atoms with van der Waals surface area (Å²) in [5.74, 6) is -0.424. The molecule has 0 radical (unpaired) electrons. The van der Waals surface area contributed by atoms with Gasteiger partial charge in [-0.1, -0.05) is 17.7 Å².